The van der Waals surface area contributed by atoms with Crippen LogP contribution in [0.25, 0.3) is 0 Å². The van der Waals surface area contributed by atoms with Crippen molar-refractivity contribution in [2.24, 2.45) is 0 Å². The number of nitrogens with one attached hydrogen (secondary N) is 1. The smallest absolute Gasteiger partial charge is 0.234 e. The van der Waals surface area contributed by atoms with Gasteiger partial charge in [0.1, 0.15) is 5.75 Å². The number of sulfone groups is 1. The van der Waals surface area contributed by atoms with Crippen LogP contribution in [0, 0.1) is 0 Å². The van der Waals surface area contributed by atoms with E-state index in [-0.39, 0.29) is 5.91 Å². The molecule has 2 fully saturated rings. The number of hydrogen-bond donors (Lipinski definition) is 1. The van der Waals surface area contributed by atoms with Gasteiger partial charge in [0, 0.05) is 25.2 Å². The molecular formula is C20H27ClN2O4S. The molecule has 0 radical (unpaired) electrons. The van der Waals surface area contributed by atoms with E-state index in [1.807, 2.05) is 29.2 Å². The van der Waals surface area contributed by atoms with Crippen molar-refractivity contribution in [1.29, 1.82) is 0 Å². The fraction of sp³-hybridized carbons (Fsp3) is 0.600. The molecule has 1 aromatic carbocycles. The number of nitrogens with zero attached hydrogens (tertiary/aromatic N) is 1. The molecule has 2 aliphatic rings. The Labute approximate surface area is 171 Å². The van der Waals surface area contributed by atoms with Crippen LogP contribution in [-0.4, -0.2) is 56.3 Å². The summed E-state index contributed by atoms with van der Waals surface area (Å²) in [4.78, 5) is 26.8. The first-order valence-electron chi connectivity index (χ1n) is 9.76. The number of carbonyl (C=O) groups excluding carboxylic acids is 2. The predicted molar refractivity (Wildman–Crippen MR) is 109 cm³/mol. The van der Waals surface area contributed by atoms with E-state index in [0.29, 0.717) is 31.0 Å². The molecule has 2 amide bonds. The highest BCUT2D eigenvalue weighted by Crippen LogP contribution is 2.43. The van der Waals surface area contributed by atoms with Crippen molar-refractivity contribution in [1.82, 2.24) is 10.2 Å². The second kappa shape index (κ2) is 8.41. The van der Waals surface area contributed by atoms with E-state index < -0.39 is 32.2 Å². The summed E-state index contributed by atoms with van der Waals surface area (Å²) in [5.41, 5.74) is 0.465. The van der Waals surface area contributed by atoms with E-state index in [1.165, 1.54) is 7.05 Å². The van der Waals surface area contributed by atoms with Crippen LogP contribution in [0.15, 0.2) is 24.3 Å². The minimum atomic E-state index is -3.50. The molecule has 1 aliphatic heterocycles. The molecule has 1 aliphatic carbocycles. The number of hydrogen-bond acceptors (Lipinski definition) is 4. The van der Waals surface area contributed by atoms with Crippen molar-refractivity contribution < 1.29 is 18.0 Å². The molecule has 154 valence electrons. The Morgan fingerprint density at radius 2 is 1.71 bits per heavy atom. The first-order valence-corrected chi connectivity index (χ1v) is 11.9. The van der Waals surface area contributed by atoms with Crippen LogP contribution in [0.4, 0.5) is 0 Å². The fourth-order valence-corrected chi connectivity index (χ4v) is 6.27. The van der Waals surface area contributed by atoms with E-state index in [9.17, 15) is 18.0 Å². The average Bonchev–Trinajstić information content (AvgIpc) is 3.18. The quantitative estimate of drug-likeness (QED) is 0.783. The maximum atomic E-state index is 13.5. The van der Waals surface area contributed by atoms with Crippen molar-refractivity contribution in [2.45, 2.75) is 49.2 Å². The monoisotopic (exact) mass is 426 g/mol. The molecule has 1 saturated heterocycles. The molecule has 0 spiro atoms. The number of carbonyl (C=O) groups is 2. The maximum Gasteiger partial charge on any atom is 0.234 e. The summed E-state index contributed by atoms with van der Waals surface area (Å²) >= 11 is 6.02. The Morgan fingerprint density at radius 1 is 1.14 bits per heavy atom. The Bertz CT molecular complexity index is 824. The zero-order chi connectivity index (χ0) is 20.4. The molecule has 3 rings (SSSR count). The van der Waals surface area contributed by atoms with Gasteiger partial charge in [-0.25, -0.2) is 8.42 Å². The summed E-state index contributed by atoms with van der Waals surface area (Å²) < 4.78 is 24.9. The topological polar surface area (TPSA) is 83.6 Å². The summed E-state index contributed by atoms with van der Waals surface area (Å²) in [6, 6.07) is 7.52. The Morgan fingerprint density at radius 3 is 2.25 bits per heavy atom. The summed E-state index contributed by atoms with van der Waals surface area (Å²) in [6.07, 6.45) is 4.38. The lowest BCUT2D eigenvalue weighted by atomic mass is 9.77. The molecule has 1 N–H and O–H groups in total. The lowest BCUT2D eigenvalue weighted by Gasteiger charge is -2.38. The van der Waals surface area contributed by atoms with Crippen molar-refractivity contribution in [3.05, 3.63) is 34.9 Å². The number of likely N-dealkylation sites (tertiary alicyclic amines) is 1. The Balaban J connectivity index is 1.71. The normalized spacial score (nSPS) is 20.1. The molecule has 0 aromatic heterocycles. The minimum Gasteiger partial charge on any atom is -0.358 e. The van der Waals surface area contributed by atoms with Crippen LogP contribution in [0.1, 0.15) is 44.1 Å². The molecule has 6 nitrogen and oxygen atoms in total. The largest absolute Gasteiger partial charge is 0.358 e. The van der Waals surface area contributed by atoms with Crippen LogP contribution in [0.5, 0.6) is 0 Å². The first-order chi connectivity index (χ1) is 13.3. The van der Waals surface area contributed by atoms with Gasteiger partial charge >= 0.3 is 0 Å². The number of piperidine rings is 1. The summed E-state index contributed by atoms with van der Waals surface area (Å²) in [6.45, 7) is 0.817. The zero-order valence-electron chi connectivity index (χ0n) is 16.1. The van der Waals surface area contributed by atoms with Gasteiger partial charge in [0.15, 0.2) is 9.84 Å². The number of halogens is 1. The van der Waals surface area contributed by atoms with Gasteiger partial charge < -0.3 is 10.2 Å². The highest BCUT2D eigenvalue weighted by molar-refractivity contribution is 7.92. The average molecular weight is 427 g/mol. The van der Waals surface area contributed by atoms with E-state index in [2.05, 4.69) is 5.32 Å². The Kier molecular flexibility index (Phi) is 6.34. The third-order valence-corrected chi connectivity index (χ3v) is 8.52. The SMILES string of the molecule is CNC(=O)CS(=O)(=O)C1CCN(C(=O)C2(c3ccc(Cl)cc3)CCCC2)CC1. The lowest BCUT2D eigenvalue weighted by molar-refractivity contribution is -0.138. The Hall–Kier alpha value is -1.60. The summed E-state index contributed by atoms with van der Waals surface area (Å²) in [7, 11) is -2.07. The van der Waals surface area contributed by atoms with Crippen LogP contribution >= 0.6 is 11.6 Å². The third-order valence-electron chi connectivity index (χ3n) is 6.11. The number of benzene rings is 1. The van der Waals surface area contributed by atoms with E-state index in [4.69, 9.17) is 11.6 Å². The molecule has 1 saturated carbocycles. The van der Waals surface area contributed by atoms with Gasteiger partial charge in [0.05, 0.1) is 10.7 Å². The minimum absolute atomic E-state index is 0.0921. The highest BCUT2D eigenvalue weighted by atomic mass is 35.5. The van der Waals surface area contributed by atoms with Crippen molar-refractivity contribution in [3.8, 4) is 0 Å². The van der Waals surface area contributed by atoms with Crippen molar-refractivity contribution in [2.75, 3.05) is 25.9 Å². The molecule has 0 atom stereocenters. The van der Waals surface area contributed by atoms with Gasteiger partial charge in [-0.2, -0.15) is 0 Å². The first kappa shape index (κ1) is 21.1. The zero-order valence-corrected chi connectivity index (χ0v) is 17.7. The summed E-state index contributed by atoms with van der Waals surface area (Å²) in [5.74, 6) is -0.891. The molecule has 1 heterocycles. The molecule has 28 heavy (non-hydrogen) atoms. The van der Waals surface area contributed by atoms with Gasteiger partial charge in [0.2, 0.25) is 11.8 Å². The molecule has 1 aromatic rings. The van der Waals surface area contributed by atoms with Crippen LogP contribution in [0.3, 0.4) is 0 Å². The molecule has 8 heteroatoms. The molecule has 0 unspecified atom stereocenters. The lowest BCUT2D eigenvalue weighted by Crippen LogP contribution is -2.50. The molecular weight excluding hydrogens is 400 g/mol. The van der Waals surface area contributed by atoms with E-state index in [1.54, 1.807) is 0 Å². The fourth-order valence-electron chi connectivity index (χ4n) is 4.47. The maximum absolute atomic E-state index is 13.5. The van der Waals surface area contributed by atoms with Crippen LogP contribution < -0.4 is 5.32 Å². The van der Waals surface area contributed by atoms with Crippen LogP contribution in [0.2, 0.25) is 5.02 Å². The summed E-state index contributed by atoms with van der Waals surface area (Å²) in [5, 5.41) is 2.44. The second-order valence-electron chi connectivity index (χ2n) is 7.77. The van der Waals surface area contributed by atoms with Crippen molar-refractivity contribution in [3.63, 3.8) is 0 Å². The third kappa shape index (κ3) is 4.20. The van der Waals surface area contributed by atoms with Gasteiger partial charge in [-0.3, -0.25) is 9.59 Å². The van der Waals surface area contributed by atoms with Crippen molar-refractivity contribution >= 4 is 33.3 Å². The molecule has 0 bridgehead atoms. The van der Waals surface area contributed by atoms with Gasteiger partial charge in [-0.05, 0) is 43.4 Å². The highest BCUT2D eigenvalue weighted by Gasteiger charge is 2.46. The van der Waals surface area contributed by atoms with E-state index in [0.717, 1.165) is 31.2 Å². The second-order valence-corrected chi connectivity index (χ2v) is 10.5. The van der Waals surface area contributed by atoms with Crippen LogP contribution in [-0.2, 0) is 24.8 Å². The van der Waals surface area contributed by atoms with E-state index >= 15 is 0 Å². The van der Waals surface area contributed by atoms with Gasteiger partial charge in [-0.1, -0.05) is 36.6 Å². The van der Waals surface area contributed by atoms with Gasteiger partial charge in [0.25, 0.3) is 0 Å². The number of rotatable bonds is 5. The number of amides is 2. The standard InChI is InChI=1S/C20H27ClN2O4S/c1-22-18(24)14-28(26,27)17-8-12-23(13-9-17)19(25)20(10-2-3-11-20)15-4-6-16(21)7-5-15/h4-7,17H,2-3,8-14H2,1H3,(H,22,24). The van der Waals surface area contributed by atoms with Gasteiger partial charge in [-0.15, -0.1) is 0 Å². The predicted octanol–water partition coefficient (Wildman–Crippen LogP) is 2.30.